The van der Waals surface area contributed by atoms with Crippen molar-refractivity contribution in [3.8, 4) is 0 Å². The smallest absolute Gasteiger partial charge is 0.322 e. The SMILES string of the molecule is CC(C)CCCOC(=O)[C@@H](N)CC(C)C. The van der Waals surface area contributed by atoms with Gasteiger partial charge in [-0.05, 0) is 31.1 Å². The van der Waals surface area contributed by atoms with Crippen molar-refractivity contribution in [1.29, 1.82) is 0 Å². The molecular weight excluding hydrogens is 190 g/mol. The lowest BCUT2D eigenvalue weighted by atomic mass is 10.0. The van der Waals surface area contributed by atoms with Crippen LogP contribution in [0.2, 0.25) is 0 Å². The van der Waals surface area contributed by atoms with Crippen LogP contribution in [-0.2, 0) is 9.53 Å². The van der Waals surface area contributed by atoms with Crippen molar-refractivity contribution in [2.24, 2.45) is 17.6 Å². The molecule has 1 atom stereocenters. The van der Waals surface area contributed by atoms with Crippen molar-refractivity contribution in [3.05, 3.63) is 0 Å². The number of ether oxygens (including phenoxy) is 1. The zero-order valence-corrected chi connectivity index (χ0v) is 10.5. The summed E-state index contributed by atoms with van der Waals surface area (Å²) < 4.78 is 5.09. The van der Waals surface area contributed by atoms with Crippen LogP contribution in [0, 0.1) is 11.8 Å². The zero-order chi connectivity index (χ0) is 11.8. The molecular formula is C12H25NO2. The highest BCUT2D eigenvalue weighted by atomic mass is 16.5. The average Bonchev–Trinajstić information content (AvgIpc) is 2.10. The van der Waals surface area contributed by atoms with Crippen LogP contribution in [0.5, 0.6) is 0 Å². The summed E-state index contributed by atoms with van der Waals surface area (Å²) in [4.78, 5) is 11.4. The maximum Gasteiger partial charge on any atom is 0.322 e. The van der Waals surface area contributed by atoms with E-state index in [2.05, 4.69) is 13.8 Å². The minimum Gasteiger partial charge on any atom is -0.465 e. The molecule has 0 saturated heterocycles. The third-order valence-corrected chi connectivity index (χ3v) is 2.20. The van der Waals surface area contributed by atoms with Crippen molar-refractivity contribution in [2.45, 2.75) is 53.0 Å². The number of hydrogen-bond acceptors (Lipinski definition) is 3. The van der Waals surface area contributed by atoms with Crippen molar-refractivity contribution < 1.29 is 9.53 Å². The Morgan fingerprint density at radius 1 is 1.20 bits per heavy atom. The van der Waals surface area contributed by atoms with E-state index in [1.165, 1.54) is 0 Å². The summed E-state index contributed by atoms with van der Waals surface area (Å²) in [6, 6.07) is -0.455. The molecule has 15 heavy (non-hydrogen) atoms. The van der Waals surface area contributed by atoms with Crippen molar-refractivity contribution in [2.75, 3.05) is 6.61 Å². The summed E-state index contributed by atoms with van der Waals surface area (Å²) >= 11 is 0. The van der Waals surface area contributed by atoms with Gasteiger partial charge in [-0.2, -0.15) is 0 Å². The summed E-state index contributed by atoms with van der Waals surface area (Å²) in [5, 5.41) is 0. The second kappa shape index (κ2) is 7.69. The van der Waals surface area contributed by atoms with E-state index in [1.807, 2.05) is 13.8 Å². The van der Waals surface area contributed by atoms with Gasteiger partial charge in [0.25, 0.3) is 0 Å². The van der Waals surface area contributed by atoms with Crippen molar-refractivity contribution >= 4 is 5.97 Å². The third-order valence-electron chi connectivity index (χ3n) is 2.20. The first kappa shape index (κ1) is 14.4. The van der Waals surface area contributed by atoms with Gasteiger partial charge in [0.1, 0.15) is 6.04 Å². The van der Waals surface area contributed by atoms with E-state index in [1.54, 1.807) is 0 Å². The highest BCUT2D eigenvalue weighted by Gasteiger charge is 2.15. The van der Waals surface area contributed by atoms with Crippen LogP contribution in [-0.4, -0.2) is 18.6 Å². The topological polar surface area (TPSA) is 52.3 Å². The van der Waals surface area contributed by atoms with E-state index in [0.29, 0.717) is 24.9 Å². The Bertz CT molecular complexity index is 178. The molecule has 0 aromatic rings. The molecule has 0 aromatic carbocycles. The second-order valence-corrected chi connectivity index (χ2v) is 4.94. The van der Waals surface area contributed by atoms with E-state index < -0.39 is 6.04 Å². The minimum absolute atomic E-state index is 0.257. The first-order valence-electron chi connectivity index (χ1n) is 5.85. The molecule has 2 N–H and O–H groups in total. The van der Waals surface area contributed by atoms with Crippen molar-refractivity contribution in [3.63, 3.8) is 0 Å². The first-order valence-corrected chi connectivity index (χ1v) is 5.85. The van der Waals surface area contributed by atoms with Crippen molar-refractivity contribution in [1.82, 2.24) is 0 Å². The maximum atomic E-state index is 11.4. The zero-order valence-electron chi connectivity index (χ0n) is 10.5. The molecule has 90 valence electrons. The van der Waals surface area contributed by atoms with Crippen LogP contribution in [0.1, 0.15) is 47.0 Å². The number of hydrogen-bond donors (Lipinski definition) is 1. The van der Waals surface area contributed by atoms with Gasteiger partial charge >= 0.3 is 5.97 Å². The Labute approximate surface area is 93.4 Å². The molecule has 0 aliphatic carbocycles. The fourth-order valence-corrected chi connectivity index (χ4v) is 1.38. The molecule has 3 heteroatoms. The Hall–Kier alpha value is -0.570. The molecule has 0 amide bonds. The molecule has 0 saturated carbocycles. The monoisotopic (exact) mass is 215 g/mol. The van der Waals surface area contributed by atoms with Crippen LogP contribution in [0.15, 0.2) is 0 Å². The Balaban J connectivity index is 3.56. The van der Waals surface area contributed by atoms with Crippen LogP contribution < -0.4 is 5.73 Å². The van der Waals surface area contributed by atoms with Crippen LogP contribution in [0.3, 0.4) is 0 Å². The summed E-state index contributed by atoms with van der Waals surface area (Å²) in [5.41, 5.74) is 5.69. The van der Waals surface area contributed by atoms with Crippen LogP contribution >= 0.6 is 0 Å². The second-order valence-electron chi connectivity index (χ2n) is 4.94. The number of carbonyl (C=O) groups is 1. The first-order chi connectivity index (χ1) is 6.93. The van der Waals surface area contributed by atoms with E-state index in [-0.39, 0.29) is 5.97 Å². The highest BCUT2D eigenvalue weighted by Crippen LogP contribution is 2.06. The molecule has 0 fully saturated rings. The predicted molar refractivity (Wildman–Crippen MR) is 62.5 cm³/mol. The average molecular weight is 215 g/mol. The lowest BCUT2D eigenvalue weighted by Gasteiger charge is -2.13. The predicted octanol–water partition coefficient (Wildman–Crippen LogP) is 2.34. The summed E-state index contributed by atoms with van der Waals surface area (Å²) in [7, 11) is 0. The molecule has 0 rings (SSSR count). The summed E-state index contributed by atoms with van der Waals surface area (Å²) in [6.45, 7) is 8.92. The molecule has 0 unspecified atom stereocenters. The summed E-state index contributed by atoms with van der Waals surface area (Å²) in [6.07, 6.45) is 2.72. The molecule has 0 aliphatic rings. The number of esters is 1. The highest BCUT2D eigenvalue weighted by molar-refractivity contribution is 5.75. The van der Waals surface area contributed by atoms with E-state index in [9.17, 15) is 4.79 Å². The lowest BCUT2D eigenvalue weighted by Crippen LogP contribution is -2.33. The summed E-state index contributed by atoms with van der Waals surface area (Å²) in [5.74, 6) is 0.837. The van der Waals surface area contributed by atoms with Gasteiger partial charge in [-0.15, -0.1) is 0 Å². The Morgan fingerprint density at radius 2 is 1.80 bits per heavy atom. The maximum absolute atomic E-state index is 11.4. The standard InChI is InChI=1S/C12H25NO2/c1-9(2)6-5-7-15-12(14)11(13)8-10(3)4/h9-11H,5-8,13H2,1-4H3/t11-/m0/s1. The number of rotatable bonds is 7. The molecule has 0 bridgehead atoms. The van der Waals surface area contributed by atoms with E-state index in [4.69, 9.17) is 10.5 Å². The van der Waals surface area contributed by atoms with E-state index in [0.717, 1.165) is 12.8 Å². The van der Waals surface area contributed by atoms with Crippen LogP contribution in [0.4, 0.5) is 0 Å². The van der Waals surface area contributed by atoms with Crippen LogP contribution in [0.25, 0.3) is 0 Å². The molecule has 0 aliphatic heterocycles. The van der Waals surface area contributed by atoms with Gasteiger partial charge < -0.3 is 10.5 Å². The lowest BCUT2D eigenvalue weighted by molar-refractivity contribution is -0.145. The van der Waals surface area contributed by atoms with Gasteiger partial charge in [-0.25, -0.2) is 0 Å². The Morgan fingerprint density at radius 3 is 2.27 bits per heavy atom. The van der Waals surface area contributed by atoms with Gasteiger partial charge in [0, 0.05) is 0 Å². The van der Waals surface area contributed by atoms with Gasteiger partial charge in [0.15, 0.2) is 0 Å². The fourth-order valence-electron chi connectivity index (χ4n) is 1.38. The fraction of sp³-hybridized carbons (Fsp3) is 0.917. The number of carbonyl (C=O) groups excluding carboxylic acids is 1. The van der Waals surface area contributed by atoms with Gasteiger partial charge in [0.2, 0.25) is 0 Å². The van der Waals surface area contributed by atoms with Gasteiger partial charge in [-0.1, -0.05) is 27.7 Å². The van der Waals surface area contributed by atoms with E-state index >= 15 is 0 Å². The Kier molecular flexibility index (Phi) is 7.39. The normalized spacial score (nSPS) is 13.3. The van der Waals surface area contributed by atoms with Gasteiger partial charge in [0.05, 0.1) is 6.61 Å². The third kappa shape index (κ3) is 8.43. The largest absolute Gasteiger partial charge is 0.465 e. The molecule has 3 nitrogen and oxygen atoms in total. The quantitative estimate of drug-likeness (QED) is 0.524. The van der Waals surface area contributed by atoms with Gasteiger partial charge in [-0.3, -0.25) is 4.79 Å². The number of nitrogens with two attached hydrogens (primary N) is 1. The molecule has 0 radical (unpaired) electrons. The molecule has 0 spiro atoms. The molecule has 0 aromatic heterocycles. The molecule has 0 heterocycles. The minimum atomic E-state index is -0.455.